The summed E-state index contributed by atoms with van der Waals surface area (Å²) in [5.74, 6) is -0.620. The van der Waals surface area contributed by atoms with Crippen molar-refractivity contribution in [3.63, 3.8) is 0 Å². The van der Waals surface area contributed by atoms with Crippen LogP contribution in [0.2, 0.25) is 0 Å². The number of halogens is 3. The molecule has 0 saturated carbocycles. The molecule has 2 aromatic rings. The van der Waals surface area contributed by atoms with Crippen molar-refractivity contribution in [3.8, 4) is 11.3 Å². The highest BCUT2D eigenvalue weighted by molar-refractivity contribution is 7.09. The number of aromatic nitrogens is 1. The monoisotopic (exact) mass is 470 g/mol. The first-order valence-electron chi connectivity index (χ1n) is 10.2. The van der Waals surface area contributed by atoms with E-state index in [2.05, 4.69) is 10.3 Å². The van der Waals surface area contributed by atoms with Gasteiger partial charge in [0.25, 0.3) is 0 Å². The molecule has 1 aliphatic rings. The largest absolute Gasteiger partial charge is 0.416 e. The summed E-state index contributed by atoms with van der Waals surface area (Å²) in [5.41, 5.74) is 5.76. The molecular weight excluding hydrogens is 445 g/mol. The normalized spacial score (nSPS) is 16.8. The highest BCUT2D eigenvalue weighted by Gasteiger charge is 2.30. The summed E-state index contributed by atoms with van der Waals surface area (Å²) in [6.07, 6.45) is -2.96. The first kappa shape index (κ1) is 24.1. The van der Waals surface area contributed by atoms with E-state index in [1.165, 1.54) is 23.5 Å². The lowest BCUT2D eigenvalue weighted by Crippen LogP contribution is -2.46. The Kier molecular flexibility index (Phi) is 8.21. The number of ether oxygens (including phenoxy) is 1. The molecule has 1 atom stereocenters. The number of alkyl halides is 3. The van der Waals surface area contributed by atoms with E-state index in [4.69, 9.17) is 10.5 Å². The first-order chi connectivity index (χ1) is 15.3. The van der Waals surface area contributed by atoms with E-state index < -0.39 is 11.7 Å². The van der Waals surface area contributed by atoms with Gasteiger partial charge in [0.2, 0.25) is 11.8 Å². The van der Waals surface area contributed by atoms with Gasteiger partial charge in [0.05, 0.1) is 30.3 Å². The summed E-state index contributed by atoms with van der Waals surface area (Å²) in [5, 5.41) is 5.24. The van der Waals surface area contributed by atoms with Crippen molar-refractivity contribution in [1.29, 1.82) is 0 Å². The third kappa shape index (κ3) is 6.50. The Morgan fingerprint density at radius 1 is 1.28 bits per heavy atom. The van der Waals surface area contributed by atoms with Crippen molar-refractivity contribution in [1.82, 2.24) is 15.2 Å². The zero-order valence-electron chi connectivity index (χ0n) is 17.4. The SMILES string of the molecule is NCCOCC(=O)N1CCC[C@H](C(=O)NCc2nc(-c3ccc(C(F)(F)F)cc3)cs2)C1. The van der Waals surface area contributed by atoms with Gasteiger partial charge in [-0.05, 0) is 25.0 Å². The van der Waals surface area contributed by atoms with Gasteiger partial charge >= 0.3 is 6.18 Å². The topological polar surface area (TPSA) is 97.5 Å². The molecule has 0 unspecified atom stereocenters. The lowest BCUT2D eigenvalue weighted by Gasteiger charge is -2.32. The Labute approximate surface area is 187 Å². The zero-order valence-corrected chi connectivity index (χ0v) is 18.2. The van der Waals surface area contributed by atoms with Gasteiger partial charge in [0.15, 0.2) is 0 Å². The fraction of sp³-hybridized carbons (Fsp3) is 0.476. The number of carbonyl (C=O) groups excluding carboxylic acids is 2. The van der Waals surface area contributed by atoms with E-state index in [0.717, 1.165) is 18.6 Å². The second-order valence-corrected chi connectivity index (χ2v) is 8.38. The smallest absolute Gasteiger partial charge is 0.370 e. The molecule has 3 N–H and O–H groups in total. The minimum Gasteiger partial charge on any atom is -0.370 e. The van der Waals surface area contributed by atoms with Gasteiger partial charge in [0, 0.05) is 30.6 Å². The van der Waals surface area contributed by atoms with Crippen LogP contribution in [-0.4, -0.2) is 54.5 Å². The predicted octanol–water partition coefficient (Wildman–Crippen LogP) is 2.66. The summed E-state index contributed by atoms with van der Waals surface area (Å²) in [7, 11) is 0. The van der Waals surface area contributed by atoms with Crippen LogP contribution in [0.3, 0.4) is 0 Å². The van der Waals surface area contributed by atoms with E-state index in [-0.39, 0.29) is 30.9 Å². The minimum atomic E-state index is -4.38. The summed E-state index contributed by atoms with van der Waals surface area (Å²) in [6, 6.07) is 4.80. The van der Waals surface area contributed by atoms with E-state index in [0.29, 0.717) is 48.9 Å². The number of piperidine rings is 1. The van der Waals surface area contributed by atoms with Gasteiger partial charge in [0.1, 0.15) is 11.6 Å². The molecule has 1 aromatic carbocycles. The Morgan fingerprint density at radius 3 is 2.72 bits per heavy atom. The molecule has 2 heterocycles. The lowest BCUT2D eigenvalue weighted by molar-refractivity contribution is -0.140. The quantitative estimate of drug-likeness (QED) is 0.578. The number of hydrogen-bond donors (Lipinski definition) is 2. The van der Waals surface area contributed by atoms with Crippen LogP contribution in [-0.2, 0) is 27.0 Å². The van der Waals surface area contributed by atoms with E-state index in [1.807, 2.05) is 0 Å². The van der Waals surface area contributed by atoms with Gasteiger partial charge in [-0.15, -0.1) is 11.3 Å². The number of hydrogen-bond acceptors (Lipinski definition) is 6. The number of nitrogens with one attached hydrogen (secondary N) is 1. The molecule has 7 nitrogen and oxygen atoms in total. The summed E-state index contributed by atoms with van der Waals surface area (Å²) in [4.78, 5) is 30.8. The molecule has 0 aliphatic carbocycles. The van der Waals surface area contributed by atoms with Crippen LogP contribution >= 0.6 is 11.3 Å². The molecule has 0 radical (unpaired) electrons. The second kappa shape index (κ2) is 10.9. The standard InChI is InChI=1S/C21H25F3N4O3S/c22-21(23,24)16-5-3-14(4-6-16)17-13-32-18(27-17)10-26-20(30)15-2-1-8-28(11-15)19(29)12-31-9-7-25/h3-6,13,15H,1-2,7-12,25H2,(H,26,30)/t15-/m0/s1. The fourth-order valence-electron chi connectivity index (χ4n) is 3.41. The summed E-state index contributed by atoms with van der Waals surface area (Å²) in [6.45, 7) is 1.76. The van der Waals surface area contributed by atoms with Gasteiger partial charge in [-0.2, -0.15) is 13.2 Å². The van der Waals surface area contributed by atoms with Gasteiger partial charge in [-0.3, -0.25) is 9.59 Å². The number of thiazole rings is 1. The van der Waals surface area contributed by atoms with Crippen LogP contribution < -0.4 is 11.1 Å². The van der Waals surface area contributed by atoms with E-state index in [1.54, 1.807) is 10.3 Å². The average Bonchev–Trinajstić information content (AvgIpc) is 3.26. The molecule has 0 spiro atoms. The third-order valence-corrected chi connectivity index (χ3v) is 5.96. The fourth-order valence-corrected chi connectivity index (χ4v) is 4.16. The third-order valence-electron chi connectivity index (χ3n) is 5.11. The molecule has 11 heteroatoms. The zero-order chi connectivity index (χ0) is 23.1. The lowest BCUT2D eigenvalue weighted by atomic mass is 9.97. The number of nitrogens with two attached hydrogens (primary N) is 1. The van der Waals surface area contributed by atoms with Crippen molar-refractivity contribution >= 4 is 23.2 Å². The first-order valence-corrected chi connectivity index (χ1v) is 11.1. The molecule has 1 aliphatic heterocycles. The van der Waals surface area contributed by atoms with Crippen LogP contribution in [0.15, 0.2) is 29.6 Å². The second-order valence-electron chi connectivity index (χ2n) is 7.44. The van der Waals surface area contributed by atoms with Crippen LogP contribution in [0.1, 0.15) is 23.4 Å². The Morgan fingerprint density at radius 2 is 2.03 bits per heavy atom. The molecular formula is C21H25F3N4O3S. The number of rotatable bonds is 8. The maximum absolute atomic E-state index is 12.7. The van der Waals surface area contributed by atoms with Crippen molar-refractivity contribution in [2.24, 2.45) is 11.7 Å². The molecule has 1 saturated heterocycles. The highest BCUT2D eigenvalue weighted by Crippen LogP contribution is 2.31. The number of carbonyl (C=O) groups is 2. The summed E-state index contributed by atoms with van der Waals surface area (Å²) < 4.78 is 43.3. The predicted molar refractivity (Wildman–Crippen MR) is 114 cm³/mol. The van der Waals surface area contributed by atoms with Crippen molar-refractivity contribution < 1.29 is 27.5 Å². The average molecular weight is 471 g/mol. The van der Waals surface area contributed by atoms with E-state index in [9.17, 15) is 22.8 Å². The van der Waals surface area contributed by atoms with Crippen LogP contribution in [0.25, 0.3) is 11.3 Å². The van der Waals surface area contributed by atoms with Gasteiger partial charge in [-0.25, -0.2) is 4.98 Å². The summed E-state index contributed by atoms with van der Waals surface area (Å²) >= 11 is 1.32. The van der Waals surface area contributed by atoms with Crippen LogP contribution in [0.5, 0.6) is 0 Å². The number of likely N-dealkylation sites (tertiary alicyclic amines) is 1. The number of benzene rings is 1. The van der Waals surface area contributed by atoms with Crippen molar-refractivity contribution in [3.05, 3.63) is 40.2 Å². The number of nitrogens with zero attached hydrogens (tertiary/aromatic N) is 2. The molecule has 174 valence electrons. The maximum atomic E-state index is 12.7. The molecule has 1 aromatic heterocycles. The van der Waals surface area contributed by atoms with Gasteiger partial charge in [-0.1, -0.05) is 12.1 Å². The molecule has 3 rings (SSSR count). The van der Waals surface area contributed by atoms with Crippen LogP contribution in [0, 0.1) is 5.92 Å². The maximum Gasteiger partial charge on any atom is 0.416 e. The Balaban J connectivity index is 1.51. The Bertz CT molecular complexity index is 918. The van der Waals surface area contributed by atoms with Crippen molar-refractivity contribution in [2.75, 3.05) is 32.8 Å². The molecule has 32 heavy (non-hydrogen) atoms. The van der Waals surface area contributed by atoms with Gasteiger partial charge < -0.3 is 20.7 Å². The van der Waals surface area contributed by atoms with Crippen molar-refractivity contribution in [2.45, 2.75) is 25.6 Å². The molecule has 2 amide bonds. The molecule has 1 fully saturated rings. The Hall–Kier alpha value is -2.50. The molecule has 0 bridgehead atoms. The van der Waals surface area contributed by atoms with Crippen LogP contribution in [0.4, 0.5) is 13.2 Å². The highest BCUT2D eigenvalue weighted by atomic mass is 32.1. The minimum absolute atomic E-state index is 0.0443. The van der Waals surface area contributed by atoms with E-state index >= 15 is 0 Å². The number of amides is 2.